The first-order valence-corrected chi connectivity index (χ1v) is 10.3. The average Bonchev–Trinajstić information content (AvgIpc) is 3.37. The highest BCUT2D eigenvalue weighted by atomic mass is 16.5. The largest absolute Gasteiger partial charge is 0.497 e. The lowest BCUT2D eigenvalue weighted by Crippen LogP contribution is -2.43. The van der Waals surface area contributed by atoms with E-state index in [9.17, 15) is 14.4 Å². The zero-order chi connectivity index (χ0) is 23.6. The van der Waals surface area contributed by atoms with Crippen molar-refractivity contribution in [3.63, 3.8) is 0 Å². The van der Waals surface area contributed by atoms with Crippen molar-refractivity contribution in [2.75, 3.05) is 13.7 Å². The number of urea groups is 1. The molecule has 10 heteroatoms. The van der Waals surface area contributed by atoms with Crippen molar-refractivity contribution in [2.45, 2.75) is 25.9 Å². The predicted octanol–water partition coefficient (Wildman–Crippen LogP) is 1.87. The zero-order valence-corrected chi connectivity index (χ0v) is 18.5. The van der Waals surface area contributed by atoms with Crippen LogP contribution >= 0.6 is 0 Å². The number of carbonyl (C=O) groups excluding carboxylic acids is 3. The SMILES string of the molecule is COc1ccc(-c2n[nH]c(CNC(=O)CN3C(=O)NC(C)(c4ccc(C)cc4)C3=O)n2)cc1. The van der Waals surface area contributed by atoms with Gasteiger partial charge in [-0.2, -0.15) is 5.10 Å². The van der Waals surface area contributed by atoms with Gasteiger partial charge < -0.3 is 15.4 Å². The van der Waals surface area contributed by atoms with E-state index < -0.39 is 29.9 Å². The Kier molecular flexibility index (Phi) is 5.82. The molecule has 0 aliphatic carbocycles. The quantitative estimate of drug-likeness (QED) is 0.473. The standard InChI is InChI=1S/C23H24N6O4/c1-14-4-8-16(9-5-14)23(2)21(31)29(22(32)26-23)13-19(30)24-12-18-25-20(28-27-18)15-6-10-17(33-3)11-7-15/h4-11H,12-13H2,1-3H3,(H,24,30)(H,26,32)(H,25,27,28). The van der Waals surface area contributed by atoms with Crippen molar-refractivity contribution in [2.24, 2.45) is 0 Å². The van der Waals surface area contributed by atoms with E-state index in [1.54, 1.807) is 38.3 Å². The number of nitrogens with zero attached hydrogens (tertiary/aromatic N) is 3. The van der Waals surface area contributed by atoms with E-state index >= 15 is 0 Å². The number of carbonyl (C=O) groups is 3. The number of imide groups is 1. The fraction of sp³-hybridized carbons (Fsp3) is 0.261. The predicted molar refractivity (Wildman–Crippen MR) is 119 cm³/mol. The third-order valence-electron chi connectivity index (χ3n) is 5.54. The molecule has 1 atom stereocenters. The van der Waals surface area contributed by atoms with Crippen LogP contribution < -0.4 is 15.4 Å². The van der Waals surface area contributed by atoms with Gasteiger partial charge in [0.25, 0.3) is 5.91 Å². The van der Waals surface area contributed by atoms with Crippen LogP contribution in [0.3, 0.4) is 0 Å². The molecule has 2 heterocycles. The van der Waals surface area contributed by atoms with Crippen LogP contribution in [0.4, 0.5) is 4.79 Å². The zero-order valence-electron chi connectivity index (χ0n) is 18.5. The first kappa shape index (κ1) is 22.0. The van der Waals surface area contributed by atoms with Crippen molar-refractivity contribution in [1.82, 2.24) is 30.7 Å². The van der Waals surface area contributed by atoms with Gasteiger partial charge in [-0.25, -0.2) is 9.78 Å². The Hall–Kier alpha value is -4.21. The molecule has 1 aromatic heterocycles. The molecule has 0 saturated carbocycles. The lowest BCUT2D eigenvalue weighted by atomic mass is 9.91. The monoisotopic (exact) mass is 448 g/mol. The van der Waals surface area contributed by atoms with Crippen LogP contribution in [0.2, 0.25) is 0 Å². The third kappa shape index (κ3) is 4.40. The van der Waals surface area contributed by atoms with E-state index in [0.717, 1.165) is 21.8 Å². The highest BCUT2D eigenvalue weighted by molar-refractivity contribution is 6.09. The van der Waals surface area contributed by atoms with Crippen molar-refractivity contribution < 1.29 is 19.1 Å². The van der Waals surface area contributed by atoms with Gasteiger partial charge in [0, 0.05) is 5.56 Å². The van der Waals surface area contributed by atoms with Gasteiger partial charge in [0.05, 0.1) is 13.7 Å². The molecule has 0 bridgehead atoms. The number of nitrogens with one attached hydrogen (secondary N) is 3. The van der Waals surface area contributed by atoms with Crippen LogP contribution in [0.5, 0.6) is 5.75 Å². The topological polar surface area (TPSA) is 129 Å². The van der Waals surface area contributed by atoms with Crippen LogP contribution in [0.1, 0.15) is 23.9 Å². The third-order valence-corrected chi connectivity index (χ3v) is 5.54. The smallest absolute Gasteiger partial charge is 0.325 e. The maximum atomic E-state index is 13.0. The second-order valence-electron chi connectivity index (χ2n) is 7.92. The van der Waals surface area contributed by atoms with E-state index in [0.29, 0.717) is 17.2 Å². The summed E-state index contributed by atoms with van der Waals surface area (Å²) in [4.78, 5) is 43.1. The molecule has 1 aliphatic rings. The number of H-pyrrole nitrogens is 1. The maximum absolute atomic E-state index is 13.0. The number of aryl methyl sites for hydroxylation is 1. The molecule has 0 spiro atoms. The van der Waals surface area contributed by atoms with Gasteiger partial charge in [-0.3, -0.25) is 19.6 Å². The normalized spacial score (nSPS) is 17.7. The highest BCUT2D eigenvalue weighted by Crippen LogP contribution is 2.28. The molecule has 33 heavy (non-hydrogen) atoms. The molecule has 4 amide bonds. The maximum Gasteiger partial charge on any atom is 0.325 e. The Morgan fingerprint density at radius 3 is 2.48 bits per heavy atom. The molecule has 3 N–H and O–H groups in total. The Balaban J connectivity index is 1.36. The molecule has 3 aromatic rings. The van der Waals surface area contributed by atoms with Crippen molar-refractivity contribution in [3.05, 3.63) is 65.5 Å². The summed E-state index contributed by atoms with van der Waals surface area (Å²) in [6.45, 7) is 3.24. The highest BCUT2D eigenvalue weighted by Gasteiger charge is 2.49. The van der Waals surface area contributed by atoms with E-state index in [4.69, 9.17) is 4.74 Å². The molecule has 10 nitrogen and oxygen atoms in total. The van der Waals surface area contributed by atoms with E-state index in [1.807, 2.05) is 31.2 Å². The number of aromatic amines is 1. The van der Waals surface area contributed by atoms with Crippen molar-refractivity contribution in [1.29, 1.82) is 0 Å². The van der Waals surface area contributed by atoms with Gasteiger partial charge in [-0.05, 0) is 43.7 Å². The lowest BCUT2D eigenvalue weighted by Gasteiger charge is -2.22. The summed E-state index contributed by atoms with van der Waals surface area (Å²) in [7, 11) is 1.59. The van der Waals surface area contributed by atoms with Crippen LogP contribution in [-0.4, -0.2) is 51.6 Å². The van der Waals surface area contributed by atoms with Gasteiger partial charge in [0.15, 0.2) is 5.82 Å². The summed E-state index contributed by atoms with van der Waals surface area (Å²) in [5.41, 5.74) is 1.27. The van der Waals surface area contributed by atoms with Gasteiger partial charge >= 0.3 is 6.03 Å². The Labute approximate surface area is 190 Å². The lowest BCUT2D eigenvalue weighted by molar-refractivity contribution is -0.134. The Morgan fingerprint density at radius 2 is 1.82 bits per heavy atom. The molecular weight excluding hydrogens is 424 g/mol. The number of rotatable bonds is 7. The van der Waals surface area contributed by atoms with Gasteiger partial charge in [0.2, 0.25) is 5.91 Å². The van der Waals surface area contributed by atoms with Crippen LogP contribution in [-0.2, 0) is 21.7 Å². The fourth-order valence-electron chi connectivity index (χ4n) is 3.55. The van der Waals surface area contributed by atoms with Crippen LogP contribution in [0.25, 0.3) is 11.4 Å². The van der Waals surface area contributed by atoms with Crippen molar-refractivity contribution >= 4 is 17.8 Å². The fourth-order valence-corrected chi connectivity index (χ4v) is 3.55. The minimum Gasteiger partial charge on any atom is -0.497 e. The number of ether oxygens (including phenoxy) is 1. The number of benzene rings is 2. The number of methoxy groups -OCH3 is 1. The first-order valence-electron chi connectivity index (χ1n) is 10.3. The minimum atomic E-state index is -1.22. The summed E-state index contributed by atoms with van der Waals surface area (Å²) < 4.78 is 5.13. The molecule has 0 radical (unpaired) electrons. The summed E-state index contributed by atoms with van der Waals surface area (Å²) in [5, 5.41) is 12.3. The molecule has 1 saturated heterocycles. The molecule has 170 valence electrons. The summed E-state index contributed by atoms with van der Waals surface area (Å²) in [6.07, 6.45) is 0. The van der Waals surface area contributed by atoms with Crippen molar-refractivity contribution in [3.8, 4) is 17.1 Å². The van der Waals surface area contributed by atoms with Gasteiger partial charge in [-0.1, -0.05) is 29.8 Å². The molecule has 1 fully saturated rings. The second kappa shape index (κ2) is 8.73. The summed E-state index contributed by atoms with van der Waals surface area (Å²) in [5.74, 6) is 0.670. The van der Waals surface area contributed by atoms with E-state index in [2.05, 4.69) is 25.8 Å². The summed E-state index contributed by atoms with van der Waals surface area (Å²) in [6, 6.07) is 14.0. The van der Waals surface area contributed by atoms with E-state index in [1.165, 1.54) is 0 Å². The molecule has 2 aromatic carbocycles. The minimum absolute atomic E-state index is 0.0703. The second-order valence-corrected chi connectivity index (χ2v) is 7.92. The average molecular weight is 448 g/mol. The number of hydrogen-bond acceptors (Lipinski definition) is 6. The van der Waals surface area contributed by atoms with Crippen LogP contribution in [0.15, 0.2) is 48.5 Å². The molecule has 1 unspecified atom stereocenters. The number of amides is 4. The Bertz CT molecular complexity index is 1190. The molecule has 4 rings (SSSR count). The molecule has 1 aliphatic heterocycles. The van der Waals surface area contributed by atoms with E-state index in [-0.39, 0.29) is 6.54 Å². The molecular formula is C23H24N6O4. The van der Waals surface area contributed by atoms with Crippen LogP contribution in [0, 0.1) is 6.92 Å². The Morgan fingerprint density at radius 1 is 1.12 bits per heavy atom. The first-order chi connectivity index (χ1) is 15.8. The number of hydrogen-bond donors (Lipinski definition) is 3. The summed E-state index contributed by atoms with van der Waals surface area (Å²) >= 11 is 0. The van der Waals surface area contributed by atoms with Gasteiger partial charge in [-0.15, -0.1) is 0 Å². The van der Waals surface area contributed by atoms with Gasteiger partial charge in [0.1, 0.15) is 23.7 Å². The number of aromatic nitrogens is 3.